The van der Waals surface area contributed by atoms with Crippen LogP contribution < -0.4 is 0 Å². The van der Waals surface area contributed by atoms with Gasteiger partial charge in [0.05, 0.1) is 0 Å². The number of aromatic nitrogens is 2. The summed E-state index contributed by atoms with van der Waals surface area (Å²) in [7, 11) is 0. The summed E-state index contributed by atoms with van der Waals surface area (Å²) in [5.41, 5.74) is 2.08. The van der Waals surface area contributed by atoms with Crippen LogP contribution in [0.25, 0.3) is 11.5 Å². The minimum absolute atomic E-state index is 0.114. The molecule has 2 aromatic heterocycles. The Kier molecular flexibility index (Phi) is 3.86. The van der Waals surface area contributed by atoms with Gasteiger partial charge in [0.15, 0.2) is 23.5 Å². The van der Waals surface area contributed by atoms with Crippen LogP contribution in [0.1, 0.15) is 22.5 Å². The van der Waals surface area contributed by atoms with Crippen molar-refractivity contribution < 1.29 is 13.7 Å². The molecule has 24 heavy (non-hydrogen) atoms. The van der Waals surface area contributed by atoms with Crippen LogP contribution in [0, 0.1) is 5.92 Å². The Morgan fingerprint density at radius 3 is 2.92 bits per heavy atom. The van der Waals surface area contributed by atoms with Crippen LogP contribution in [0.2, 0.25) is 0 Å². The Bertz CT molecular complexity index is 811. The van der Waals surface area contributed by atoms with Crippen molar-refractivity contribution in [2.75, 3.05) is 13.1 Å². The highest BCUT2D eigenvalue weighted by molar-refractivity contribution is 5.97. The zero-order chi connectivity index (χ0) is 16.4. The average Bonchev–Trinajstić information content (AvgIpc) is 3.35. The lowest BCUT2D eigenvalue weighted by Crippen LogP contribution is -2.29. The van der Waals surface area contributed by atoms with Crippen molar-refractivity contribution in [1.29, 1.82) is 0 Å². The van der Waals surface area contributed by atoms with Crippen molar-refractivity contribution in [2.24, 2.45) is 5.92 Å². The molecule has 6 nitrogen and oxygen atoms in total. The van der Waals surface area contributed by atoms with E-state index in [0.717, 1.165) is 25.9 Å². The molecule has 0 bridgehead atoms. The molecule has 0 radical (unpaired) electrons. The molecular formula is C18H17N3O3. The Labute approximate surface area is 139 Å². The molecule has 0 aliphatic carbocycles. The molecule has 1 aliphatic heterocycles. The maximum atomic E-state index is 12.8. The van der Waals surface area contributed by atoms with Gasteiger partial charge in [0.2, 0.25) is 0 Å². The van der Waals surface area contributed by atoms with Crippen molar-refractivity contribution in [3.05, 3.63) is 60.3 Å². The molecule has 1 amide bonds. The number of carbonyl (C=O) groups is 1. The summed E-state index contributed by atoms with van der Waals surface area (Å²) in [6.07, 6.45) is 4.70. The van der Waals surface area contributed by atoms with Crippen molar-refractivity contribution in [2.45, 2.75) is 12.8 Å². The highest BCUT2D eigenvalue weighted by Crippen LogP contribution is 2.26. The van der Waals surface area contributed by atoms with E-state index < -0.39 is 0 Å². The summed E-state index contributed by atoms with van der Waals surface area (Å²) in [4.78, 5) is 18.7. The Hall–Kier alpha value is -2.89. The van der Waals surface area contributed by atoms with Crippen molar-refractivity contribution >= 4 is 5.91 Å². The van der Waals surface area contributed by atoms with Gasteiger partial charge in [-0.3, -0.25) is 4.79 Å². The number of benzene rings is 1. The number of nitrogens with zero attached hydrogens (tertiary/aromatic N) is 3. The lowest BCUT2D eigenvalue weighted by atomic mass is 9.99. The van der Waals surface area contributed by atoms with E-state index in [4.69, 9.17) is 8.94 Å². The molecule has 3 aromatic rings. The third kappa shape index (κ3) is 2.82. The summed E-state index contributed by atoms with van der Waals surface area (Å²) in [6, 6.07) is 12.0. The second-order valence-corrected chi connectivity index (χ2v) is 6.01. The predicted molar refractivity (Wildman–Crippen MR) is 86.2 cm³/mol. The molecule has 3 heterocycles. The third-order valence-corrected chi connectivity index (χ3v) is 4.38. The fourth-order valence-electron chi connectivity index (χ4n) is 3.19. The lowest BCUT2D eigenvalue weighted by Gasteiger charge is -2.15. The van der Waals surface area contributed by atoms with Crippen LogP contribution in [-0.2, 0) is 6.42 Å². The van der Waals surface area contributed by atoms with E-state index in [0.29, 0.717) is 23.1 Å². The molecule has 1 aliphatic rings. The first kappa shape index (κ1) is 14.7. The number of likely N-dealkylation sites (tertiary alicyclic amines) is 1. The first-order chi connectivity index (χ1) is 11.8. The summed E-state index contributed by atoms with van der Waals surface area (Å²) >= 11 is 0. The molecule has 1 atom stereocenters. The highest BCUT2D eigenvalue weighted by atomic mass is 16.5. The van der Waals surface area contributed by atoms with Crippen LogP contribution >= 0.6 is 0 Å². The van der Waals surface area contributed by atoms with Gasteiger partial charge in [0.1, 0.15) is 6.26 Å². The average molecular weight is 323 g/mol. The molecule has 1 saturated heterocycles. The maximum Gasteiger partial charge on any atom is 0.276 e. The fraction of sp³-hybridized carbons (Fsp3) is 0.278. The van der Waals surface area contributed by atoms with Crippen molar-refractivity contribution in [3.63, 3.8) is 0 Å². The van der Waals surface area contributed by atoms with Gasteiger partial charge >= 0.3 is 0 Å². The first-order valence-electron chi connectivity index (χ1n) is 7.98. The molecule has 6 heteroatoms. The van der Waals surface area contributed by atoms with Crippen molar-refractivity contribution in [1.82, 2.24) is 15.0 Å². The molecule has 0 spiro atoms. The van der Waals surface area contributed by atoms with Gasteiger partial charge in [0, 0.05) is 19.2 Å². The zero-order valence-electron chi connectivity index (χ0n) is 13.1. The van der Waals surface area contributed by atoms with E-state index in [2.05, 4.69) is 22.3 Å². The quantitative estimate of drug-likeness (QED) is 0.738. The van der Waals surface area contributed by atoms with Crippen LogP contribution in [0.4, 0.5) is 0 Å². The van der Waals surface area contributed by atoms with Gasteiger partial charge in [-0.15, -0.1) is 0 Å². The van der Waals surface area contributed by atoms with Crippen LogP contribution in [0.15, 0.2) is 58.0 Å². The molecule has 0 saturated carbocycles. The van der Waals surface area contributed by atoms with Gasteiger partial charge in [0.25, 0.3) is 5.91 Å². The first-order valence-corrected chi connectivity index (χ1v) is 7.98. The maximum absolute atomic E-state index is 12.8. The number of hydrogen-bond acceptors (Lipinski definition) is 5. The number of carbonyl (C=O) groups excluding carboxylic acids is 1. The van der Waals surface area contributed by atoms with Crippen LogP contribution in [0.3, 0.4) is 0 Å². The van der Waals surface area contributed by atoms with Gasteiger partial charge in [-0.05, 0) is 24.3 Å². The van der Waals surface area contributed by atoms with Gasteiger partial charge in [-0.1, -0.05) is 35.5 Å². The van der Waals surface area contributed by atoms with Gasteiger partial charge in [-0.2, -0.15) is 0 Å². The Morgan fingerprint density at radius 1 is 1.25 bits per heavy atom. The van der Waals surface area contributed by atoms with E-state index in [9.17, 15) is 4.79 Å². The second kappa shape index (κ2) is 6.31. The van der Waals surface area contributed by atoms with Crippen LogP contribution in [0.5, 0.6) is 0 Å². The highest BCUT2D eigenvalue weighted by Gasteiger charge is 2.31. The number of oxazole rings is 1. The number of hydrogen-bond donors (Lipinski definition) is 0. The molecular weight excluding hydrogens is 306 g/mol. The fourth-order valence-corrected chi connectivity index (χ4v) is 3.19. The summed E-state index contributed by atoms with van der Waals surface area (Å²) < 4.78 is 10.2. The van der Waals surface area contributed by atoms with E-state index in [1.807, 2.05) is 23.1 Å². The largest absolute Gasteiger partial charge is 0.441 e. The topological polar surface area (TPSA) is 72.4 Å². The summed E-state index contributed by atoms with van der Waals surface area (Å²) in [5, 5.41) is 3.82. The second-order valence-electron chi connectivity index (χ2n) is 6.01. The van der Waals surface area contributed by atoms with Gasteiger partial charge < -0.3 is 13.8 Å². The third-order valence-electron chi connectivity index (χ3n) is 4.38. The van der Waals surface area contributed by atoms with Gasteiger partial charge in [-0.25, -0.2) is 4.98 Å². The number of amides is 1. The molecule has 4 rings (SSSR count). The summed E-state index contributed by atoms with van der Waals surface area (Å²) in [6.45, 7) is 1.47. The van der Waals surface area contributed by atoms with E-state index >= 15 is 0 Å². The molecule has 122 valence electrons. The molecule has 1 unspecified atom stereocenters. The monoisotopic (exact) mass is 323 g/mol. The van der Waals surface area contributed by atoms with Crippen molar-refractivity contribution in [3.8, 4) is 11.5 Å². The minimum atomic E-state index is -0.114. The number of rotatable bonds is 4. The summed E-state index contributed by atoms with van der Waals surface area (Å²) in [5.74, 6) is 0.719. The zero-order valence-corrected chi connectivity index (χ0v) is 13.1. The van der Waals surface area contributed by atoms with E-state index in [1.54, 1.807) is 6.07 Å². The lowest BCUT2D eigenvalue weighted by molar-refractivity contribution is 0.0782. The normalized spacial score (nSPS) is 17.3. The minimum Gasteiger partial charge on any atom is -0.441 e. The molecule has 0 N–H and O–H groups in total. The Morgan fingerprint density at radius 2 is 2.12 bits per heavy atom. The molecule has 1 aromatic carbocycles. The Balaban J connectivity index is 1.46. The predicted octanol–water partition coefficient (Wildman–Crippen LogP) is 3.03. The molecule has 1 fully saturated rings. The van der Waals surface area contributed by atoms with Crippen LogP contribution in [-0.4, -0.2) is 34.0 Å². The standard InChI is InChI=1S/C18H17N3O3/c22-18(16-17(23-12-19-16)15-7-9-24-20-15)21-8-6-14(11-21)10-13-4-2-1-3-5-13/h1-5,7,9,12,14H,6,8,10-11H2. The SMILES string of the molecule is O=C(c1ncoc1-c1ccon1)N1CCC(Cc2ccccc2)C1. The van der Waals surface area contributed by atoms with E-state index in [1.165, 1.54) is 18.2 Å². The van der Waals surface area contributed by atoms with E-state index in [-0.39, 0.29) is 5.91 Å². The smallest absolute Gasteiger partial charge is 0.276 e.